The molecule has 2 fully saturated rings. The van der Waals surface area contributed by atoms with Crippen LogP contribution in [0, 0.1) is 5.92 Å². The molecule has 0 bridgehead atoms. The Balaban J connectivity index is 2.09. The number of hydrogen-bond acceptors (Lipinski definition) is 5. The molecule has 2 heterocycles. The van der Waals surface area contributed by atoms with Crippen LogP contribution in [0.1, 0.15) is 34.1 Å². The van der Waals surface area contributed by atoms with Crippen molar-refractivity contribution in [2.24, 2.45) is 5.92 Å². The van der Waals surface area contributed by atoms with Crippen molar-refractivity contribution in [1.29, 1.82) is 0 Å². The first kappa shape index (κ1) is 13.3. The lowest BCUT2D eigenvalue weighted by Crippen LogP contribution is -2.41. The Morgan fingerprint density at radius 1 is 1.39 bits per heavy atom. The SMILES string of the molecule is CCOC(=O)C12CN1CCC2C(=O)OC(C)(C)C. The zero-order valence-corrected chi connectivity index (χ0v) is 11.5. The minimum absolute atomic E-state index is 0.279. The average Bonchev–Trinajstić information content (AvgIpc) is 2.83. The monoisotopic (exact) mass is 255 g/mol. The molecule has 5 heteroatoms. The van der Waals surface area contributed by atoms with Gasteiger partial charge in [-0.05, 0) is 34.1 Å². The molecular formula is C13H21NO4. The normalized spacial score (nSPS) is 33.8. The highest BCUT2D eigenvalue weighted by Crippen LogP contribution is 2.49. The molecular weight excluding hydrogens is 234 g/mol. The molecule has 0 aromatic heterocycles. The number of carbonyl (C=O) groups is 2. The van der Waals surface area contributed by atoms with Gasteiger partial charge in [0.2, 0.25) is 0 Å². The van der Waals surface area contributed by atoms with Gasteiger partial charge in [0, 0.05) is 13.1 Å². The van der Waals surface area contributed by atoms with Gasteiger partial charge in [-0.2, -0.15) is 0 Å². The minimum atomic E-state index is -0.724. The van der Waals surface area contributed by atoms with E-state index in [-0.39, 0.29) is 17.9 Å². The van der Waals surface area contributed by atoms with E-state index in [1.807, 2.05) is 25.7 Å². The summed E-state index contributed by atoms with van der Waals surface area (Å²) in [5.41, 5.74) is -1.24. The van der Waals surface area contributed by atoms with E-state index in [2.05, 4.69) is 0 Å². The summed E-state index contributed by atoms with van der Waals surface area (Å²) >= 11 is 0. The summed E-state index contributed by atoms with van der Waals surface area (Å²) in [5.74, 6) is -0.940. The second-order valence-corrected chi connectivity index (χ2v) is 5.94. The fourth-order valence-corrected chi connectivity index (χ4v) is 2.67. The van der Waals surface area contributed by atoms with E-state index in [1.165, 1.54) is 0 Å². The second kappa shape index (κ2) is 4.23. The summed E-state index contributed by atoms with van der Waals surface area (Å²) in [6.07, 6.45) is 0.674. The third kappa shape index (κ3) is 2.11. The highest BCUT2D eigenvalue weighted by atomic mass is 16.6. The summed E-state index contributed by atoms with van der Waals surface area (Å²) in [7, 11) is 0. The van der Waals surface area contributed by atoms with E-state index in [4.69, 9.17) is 9.47 Å². The Morgan fingerprint density at radius 3 is 2.56 bits per heavy atom. The van der Waals surface area contributed by atoms with Crippen LogP contribution in [0.4, 0.5) is 0 Å². The maximum atomic E-state index is 12.2. The first-order valence-corrected chi connectivity index (χ1v) is 6.46. The van der Waals surface area contributed by atoms with Gasteiger partial charge in [-0.25, -0.2) is 4.79 Å². The highest BCUT2D eigenvalue weighted by Gasteiger charge is 2.70. The molecule has 2 saturated heterocycles. The molecule has 0 aliphatic carbocycles. The number of fused-ring (bicyclic) bond motifs is 1. The van der Waals surface area contributed by atoms with Gasteiger partial charge >= 0.3 is 11.9 Å². The molecule has 0 aromatic rings. The highest BCUT2D eigenvalue weighted by molar-refractivity contribution is 5.93. The largest absolute Gasteiger partial charge is 0.465 e. The van der Waals surface area contributed by atoms with Crippen molar-refractivity contribution in [1.82, 2.24) is 4.90 Å². The average molecular weight is 255 g/mol. The van der Waals surface area contributed by atoms with E-state index in [0.717, 1.165) is 6.54 Å². The Kier molecular flexibility index (Phi) is 3.13. The van der Waals surface area contributed by atoms with E-state index >= 15 is 0 Å². The number of esters is 2. The number of ether oxygens (including phenoxy) is 2. The Morgan fingerprint density at radius 2 is 2.06 bits per heavy atom. The van der Waals surface area contributed by atoms with E-state index < -0.39 is 11.1 Å². The lowest BCUT2D eigenvalue weighted by atomic mass is 9.91. The standard InChI is InChI=1S/C13H21NO4/c1-5-17-11(16)13-8-14(13)7-6-9(13)10(15)18-12(2,3)4/h9H,5-8H2,1-4H3. The zero-order chi connectivity index (χ0) is 13.6. The van der Waals surface area contributed by atoms with Crippen molar-refractivity contribution >= 4 is 11.9 Å². The molecule has 3 unspecified atom stereocenters. The van der Waals surface area contributed by atoms with Crippen LogP contribution in [-0.4, -0.2) is 47.7 Å². The molecule has 3 atom stereocenters. The first-order valence-electron chi connectivity index (χ1n) is 6.46. The summed E-state index contributed by atoms with van der Waals surface area (Å²) in [5, 5.41) is 0. The molecule has 0 aromatic carbocycles. The number of piperidine rings is 1. The summed E-state index contributed by atoms with van der Waals surface area (Å²) in [6.45, 7) is 9.01. The zero-order valence-electron chi connectivity index (χ0n) is 11.5. The lowest BCUT2D eigenvalue weighted by molar-refractivity contribution is -0.166. The van der Waals surface area contributed by atoms with Gasteiger partial charge in [-0.15, -0.1) is 0 Å². The lowest BCUT2D eigenvalue weighted by Gasteiger charge is -2.25. The van der Waals surface area contributed by atoms with Crippen LogP contribution in [0.3, 0.4) is 0 Å². The Bertz CT molecular complexity index is 374. The van der Waals surface area contributed by atoms with Crippen LogP contribution in [0.25, 0.3) is 0 Å². The van der Waals surface area contributed by atoms with Gasteiger partial charge in [0.1, 0.15) is 11.1 Å². The van der Waals surface area contributed by atoms with Gasteiger partial charge in [0.25, 0.3) is 0 Å². The molecule has 2 aliphatic heterocycles. The summed E-state index contributed by atoms with van der Waals surface area (Å²) in [4.78, 5) is 26.2. The number of carbonyl (C=O) groups excluding carboxylic acids is 2. The minimum Gasteiger partial charge on any atom is -0.465 e. The molecule has 0 amide bonds. The van der Waals surface area contributed by atoms with E-state index in [9.17, 15) is 9.59 Å². The van der Waals surface area contributed by atoms with Crippen LogP contribution in [-0.2, 0) is 19.1 Å². The molecule has 0 saturated carbocycles. The molecule has 2 aliphatic rings. The molecule has 0 N–H and O–H groups in total. The Labute approximate surface area is 107 Å². The smallest absolute Gasteiger partial charge is 0.328 e. The Hall–Kier alpha value is -1.10. The third-order valence-electron chi connectivity index (χ3n) is 3.48. The fourth-order valence-electron chi connectivity index (χ4n) is 2.67. The van der Waals surface area contributed by atoms with Crippen molar-refractivity contribution < 1.29 is 19.1 Å². The maximum absolute atomic E-state index is 12.2. The summed E-state index contributed by atoms with van der Waals surface area (Å²) in [6, 6.07) is 0. The van der Waals surface area contributed by atoms with Crippen molar-refractivity contribution in [2.45, 2.75) is 45.3 Å². The van der Waals surface area contributed by atoms with Crippen molar-refractivity contribution in [2.75, 3.05) is 19.7 Å². The molecule has 2 rings (SSSR count). The first-order chi connectivity index (χ1) is 8.31. The molecule has 18 heavy (non-hydrogen) atoms. The predicted molar refractivity (Wildman–Crippen MR) is 64.9 cm³/mol. The van der Waals surface area contributed by atoms with Crippen molar-refractivity contribution in [3.8, 4) is 0 Å². The van der Waals surface area contributed by atoms with Crippen LogP contribution in [0.2, 0.25) is 0 Å². The van der Waals surface area contributed by atoms with Crippen molar-refractivity contribution in [3.63, 3.8) is 0 Å². The van der Waals surface area contributed by atoms with Crippen LogP contribution < -0.4 is 0 Å². The maximum Gasteiger partial charge on any atom is 0.328 e. The summed E-state index contributed by atoms with van der Waals surface area (Å²) < 4.78 is 10.5. The van der Waals surface area contributed by atoms with Crippen LogP contribution in [0.5, 0.6) is 0 Å². The van der Waals surface area contributed by atoms with Gasteiger partial charge in [0.15, 0.2) is 0 Å². The second-order valence-electron chi connectivity index (χ2n) is 5.94. The van der Waals surface area contributed by atoms with Gasteiger partial charge < -0.3 is 9.47 Å². The number of hydrogen-bond donors (Lipinski definition) is 0. The van der Waals surface area contributed by atoms with Crippen LogP contribution in [0.15, 0.2) is 0 Å². The third-order valence-corrected chi connectivity index (χ3v) is 3.48. The molecule has 0 spiro atoms. The number of rotatable bonds is 3. The molecule has 102 valence electrons. The van der Waals surface area contributed by atoms with Gasteiger partial charge in [0.05, 0.1) is 12.5 Å². The molecule has 0 radical (unpaired) electrons. The van der Waals surface area contributed by atoms with Gasteiger partial charge in [-0.3, -0.25) is 9.69 Å². The quantitative estimate of drug-likeness (QED) is 0.555. The number of nitrogens with zero attached hydrogens (tertiary/aromatic N) is 1. The predicted octanol–water partition coefficient (Wildman–Crippen LogP) is 0.965. The van der Waals surface area contributed by atoms with E-state index in [1.54, 1.807) is 6.92 Å². The van der Waals surface area contributed by atoms with Crippen LogP contribution >= 0.6 is 0 Å². The fraction of sp³-hybridized carbons (Fsp3) is 0.846. The topological polar surface area (TPSA) is 55.6 Å². The van der Waals surface area contributed by atoms with Gasteiger partial charge in [-0.1, -0.05) is 0 Å². The van der Waals surface area contributed by atoms with E-state index in [0.29, 0.717) is 19.6 Å². The van der Waals surface area contributed by atoms with Crippen molar-refractivity contribution in [3.05, 3.63) is 0 Å². The molecule has 5 nitrogen and oxygen atoms in total.